The molecule has 1 N–H and O–H groups in total. The number of amides is 1. The first kappa shape index (κ1) is 13.8. The molecule has 1 amide bonds. The van der Waals surface area contributed by atoms with E-state index in [0.29, 0.717) is 13.0 Å². The van der Waals surface area contributed by atoms with Gasteiger partial charge in [0, 0.05) is 13.5 Å². The highest BCUT2D eigenvalue weighted by atomic mass is 32.1. The fourth-order valence-electron chi connectivity index (χ4n) is 2.31. The Balaban J connectivity index is 1.58. The van der Waals surface area contributed by atoms with Crippen molar-refractivity contribution in [2.45, 2.75) is 19.4 Å². The van der Waals surface area contributed by atoms with Crippen LogP contribution in [0.3, 0.4) is 0 Å². The maximum absolute atomic E-state index is 11.9. The van der Waals surface area contributed by atoms with Crippen molar-refractivity contribution in [3.8, 4) is 0 Å². The molecular weight excluding hydrogens is 282 g/mol. The number of carbonyl (C=O) groups is 1. The van der Waals surface area contributed by atoms with Gasteiger partial charge in [-0.25, -0.2) is 4.98 Å². The summed E-state index contributed by atoms with van der Waals surface area (Å²) in [5.41, 5.74) is 3.26. The number of nitrogens with zero attached hydrogens (tertiary/aromatic N) is 2. The highest BCUT2D eigenvalue weighted by Gasteiger charge is 2.08. The normalized spacial score (nSPS) is 10.9. The van der Waals surface area contributed by atoms with E-state index in [2.05, 4.69) is 21.7 Å². The lowest BCUT2D eigenvalue weighted by molar-refractivity contribution is -0.121. The van der Waals surface area contributed by atoms with Gasteiger partial charge in [0.2, 0.25) is 5.91 Å². The zero-order chi connectivity index (χ0) is 14.7. The molecule has 3 rings (SSSR count). The molecule has 0 saturated carbocycles. The second kappa shape index (κ2) is 6.10. The van der Waals surface area contributed by atoms with Crippen LogP contribution in [0.15, 0.2) is 41.1 Å². The molecule has 2 heterocycles. The summed E-state index contributed by atoms with van der Waals surface area (Å²) in [6.07, 6.45) is 1.30. The first-order chi connectivity index (χ1) is 10.2. The highest BCUT2D eigenvalue weighted by molar-refractivity contribution is 7.07. The van der Waals surface area contributed by atoms with Crippen LogP contribution in [-0.2, 0) is 24.8 Å². The second-order valence-electron chi connectivity index (χ2n) is 4.98. The van der Waals surface area contributed by atoms with Crippen molar-refractivity contribution in [2.75, 3.05) is 0 Å². The summed E-state index contributed by atoms with van der Waals surface area (Å²) >= 11 is 1.66. The average Bonchev–Trinajstić information content (AvgIpc) is 3.12. The molecular formula is C16H17N3OS. The van der Waals surface area contributed by atoms with E-state index in [1.54, 1.807) is 11.3 Å². The number of rotatable bonds is 5. The molecule has 0 spiro atoms. The van der Waals surface area contributed by atoms with Crippen LogP contribution in [0.2, 0.25) is 0 Å². The molecule has 0 aliphatic rings. The number of nitrogens with one attached hydrogen (secondary N) is 1. The van der Waals surface area contributed by atoms with Crippen molar-refractivity contribution in [1.29, 1.82) is 0 Å². The van der Waals surface area contributed by atoms with Gasteiger partial charge in [0.15, 0.2) is 0 Å². The van der Waals surface area contributed by atoms with E-state index in [9.17, 15) is 4.79 Å². The first-order valence-corrected chi connectivity index (χ1v) is 7.86. The zero-order valence-corrected chi connectivity index (χ0v) is 12.7. The Morgan fingerprint density at radius 3 is 2.95 bits per heavy atom. The molecule has 0 aliphatic carbocycles. The Bertz CT molecular complexity index is 746. The Kier molecular flexibility index (Phi) is 4.01. The minimum absolute atomic E-state index is 0.0632. The number of aromatic nitrogens is 2. The first-order valence-electron chi connectivity index (χ1n) is 6.92. The van der Waals surface area contributed by atoms with Crippen molar-refractivity contribution < 1.29 is 4.79 Å². The summed E-state index contributed by atoms with van der Waals surface area (Å²) in [7, 11) is 1.97. The number of aryl methyl sites for hydroxylation is 2. The van der Waals surface area contributed by atoms with Gasteiger partial charge in [-0.05, 0) is 40.9 Å². The van der Waals surface area contributed by atoms with E-state index in [1.165, 1.54) is 5.56 Å². The number of benzene rings is 1. The van der Waals surface area contributed by atoms with Gasteiger partial charge in [0.05, 0.1) is 17.6 Å². The van der Waals surface area contributed by atoms with E-state index in [4.69, 9.17) is 0 Å². The molecule has 2 aromatic heterocycles. The van der Waals surface area contributed by atoms with Crippen LogP contribution in [-0.4, -0.2) is 15.5 Å². The largest absolute Gasteiger partial charge is 0.349 e. The summed E-state index contributed by atoms with van der Waals surface area (Å²) in [5, 5.41) is 7.06. The van der Waals surface area contributed by atoms with Gasteiger partial charge in [0.25, 0.3) is 0 Å². The van der Waals surface area contributed by atoms with Crippen LogP contribution in [0.1, 0.15) is 17.8 Å². The molecule has 3 aromatic rings. The van der Waals surface area contributed by atoms with Gasteiger partial charge in [-0.3, -0.25) is 4.79 Å². The molecule has 1 aromatic carbocycles. The average molecular weight is 299 g/mol. The summed E-state index contributed by atoms with van der Waals surface area (Å²) in [5.74, 6) is 0.938. The number of para-hydroxylation sites is 2. The number of hydrogen-bond acceptors (Lipinski definition) is 3. The van der Waals surface area contributed by atoms with E-state index >= 15 is 0 Å². The summed E-state index contributed by atoms with van der Waals surface area (Å²) in [6, 6.07) is 10.0. The SMILES string of the molecule is Cn1c(CNC(=O)CCc2ccsc2)nc2ccccc21. The lowest BCUT2D eigenvalue weighted by Gasteiger charge is -2.05. The molecule has 21 heavy (non-hydrogen) atoms. The summed E-state index contributed by atoms with van der Waals surface area (Å²) in [6.45, 7) is 0.466. The van der Waals surface area contributed by atoms with Crippen molar-refractivity contribution in [2.24, 2.45) is 7.05 Å². The van der Waals surface area contributed by atoms with Gasteiger partial charge in [0.1, 0.15) is 5.82 Å². The third-order valence-electron chi connectivity index (χ3n) is 3.54. The van der Waals surface area contributed by atoms with Gasteiger partial charge in [-0.2, -0.15) is 11.3 Å². The standard InChI is InChI=1S/C16H17N3OS/c1-19-14-5-3-2-4-13(14)18-15(19)10-17-16(20)7-6-12-8-9-21-11-12/h2-5,8-9,11H,6-7,10H2,1H3,(H,17,20). The van der Waals surface area contributed by atoms with Crippen LogP contribution in [0.4, 0.5) is 0 Å². The van der Waals surface area contributed by atoms with Crippen LogP contribution < -0.4 is 5.32 Å². The number of hydrogen-bond donors (Lipinski definition) is 1. The fraction of sp³-hybridized carbons (Fsp3) is 0.250. The van der Waals surface area contributed by atoms with Gasteiger partial charge in [-0.15, -0.1) is 0 Å². The van der Waals surface area contributed by atoms with E-state index in [0.717, 1.165) is 23.3 Å². The quantitative estimate of drug-likeness (QED) is 0.787. The van der Waals surface area contributed by atoms with Gasteiger partial charge in [-0.1, -0.05) is 12.1 Å². The van der Waals surface area contributed by atoms with Crippen LogP contribution in [0.5, 0.6) is 0 Å². The van der Waals surface area contributed by atoms with Crippen LogP contribution in [0, 0.1) is 0 Å². The zero-order valence-electron chi connectivity index (χ0n) is 11.9. The molecule has 0 radical (unpaired) electrons. The predicted molar refractivity (Wildman–Crippen MR) is 85.2 cm³/mol. The van der Waals surface area contributed by atoms with Gasteiger partial charge < -0.3 is 9.88 Å². The highest BCUT2D eigenvalue weighted by Crippen LogP contribution is 2.14. The van der Waals surface area contributed by atoms with Crippen LogP contribution >= 0.6 is 11.3 Å². The van der Waals surface area contributed by atoms with E-state index in [1.807, 2.05) is 41.3 Å². The molecule has 5 heteroatoms. The topological polar surface area (TPSA) is 46.9 Å². The van der Waals surface area contributed by atoms with E-state index < -0.39 is 0 Å². The lowest BCUT2D eigenvalue weighted by Crippen LogP contribution is -2.24. The van der Waals surface area contributed by atoms with Crippen molar-refractivity contribution >= 4 is 28.3 Å². The third-order valence-corrected chi connectivity index (χ3v) is 4.28. The smallest absolute Gasteiger partial charge is 0.220 e. The number of carbonyl (C=O) groups excluding carboxylic acids is 1. The maximum Gasteiger partial charge on any atom is 0.220 e. The molecule has 0 unspecified atom stereocenters. The molecule has 4 nitrogen and oxygen atoms in total. The summed E-state index contributed by atoms with van der Waals surface area (Å²) < 4.78 is 2.02. The molecule has 0 saturated heterocycles. The van der Waals surface area contributed by atoms with Crippen molar-refractivity contribution in [3.05, 3.63) is 52.5 Å². The summed E-state index contributed by atoms with van der Waals surface area (Å²) in [4.78, 5) is 16.4. The maximum atomic E-state index is 11.9. The third kappa shape index (κ3) is 3.13. The number of fused-ring (bicyclic) bond motifs is 1. The van der Waals surface area contributed by atoms with E-state index in [-0.39, 0.29) is 5.91 Å². The molecule has 0 atom stereocenters. The minimum atomic E-state index is 0.0632. The van der Waals surface area contributed by atoms with Crippen molar-refractivity contribution in [3.63, 3.8) is 0 Å². The molecule has 0 aliphatic heterocycles. The second-order valence-corrected chi connectivity index (χ2v) is 5.76. The Labute approximate surface area is 127 Å². The Morgan fingerprint density at radius 2 is 2.19 bits per heavy atom. The fourth-order valence-corrected chi connectivity index (χ4v) is 3.02. The number of thiophene rings is 1. The Hall–Kier alpha value is -2.14. The molecule has 0 fully saturated rings. The molecule has 0 bridgehead atoms. The predicted octanol–water partition coefficient (Wildman–Crippen LogP) is 2.88. The Morgan fingerprint density at radius 1 is 1.33 bits per heavy atom. The van der Waals surface area contributed by atoms with Crippen LogP contribution in [0.25, 0.3) is 11.0 Å². The monoisotopic (exact) mass is 299 g/mol. The lowest BCUT2D eigenvalue weighted by atomic mass is 10.2. The minimum Gasteiger partial charge on any atom is -0.349 e. The number of imidazole rings is 1. The molecule has 108 valence electrons. The van der Waals surface area contributed by atoms with Crippen molar-refractivity contribution in [1.82, 2.24) is 14.9 Å². The van der Waals surface area contributed by atoms with Gasteiger partial charge >= 0.3 is 0 Å².